The Morgan fingerprint density at radius 2 is 1.95 bits per heavy atom. The van der Waals surface area contributed by atoms with E-state index in [-0.39, 0.29) is 11.8 Å². The van der Waals surface area contributed by atoms with Gasteiger partial charge in [0.15, 0.2) is 0 Å². The molecule has 3 heterocycles. The number of aromatic nitrogens is 3. The van der Waals surface area contributed by atoms with Crippen molar-refractivity contribution < 1.29 is 4.79 Å². The van der Waals surface area contributed by atoms with Crippen molar-refractivity contribution in [1.29, 1.82) is 0 Å². The first kappa shape index (κ1) is 13.5. The van der Waals surface area contributed by atoms with Gasteiger partial charge in [-0.05, 0) is 31.0 Å². The zero-order chi connectivity index (χ0) is 14.5. The van der Waals surface area contributed by atoms with Crippen molar-refractivity contribution in [3.05, 3.63) is 42.9 Å². The third kappa shape index (κ3) is 3.34. The summed E-state index contributed by atoms with van der Waals surface area (Å²) in [5.41, 5.74) is 0. The van der Waals surface area contributed by atoms with Crippen LogP contribution in [0.15, 0.2) is 42.9 Å². The zero-order valence-electron chi connectivity index (χ0n) is 11.6. The Kier molecular flexibility index (Phi) is 4.04. The summed E-state index contributed by atoms with van der Waals surface area (Å²) in [5, 5.41) is 2.87. The summed E-state index contributed by atoms with van der Waals surface area (Å²) in [5.74, 6) is 1.22. The molecule has 1 saturated heterocycles. The quantitative estimate of drug-likeness (QED) is 0.928. The van der Waals surface area contributed by atoms with E-state index in [2.05, 4.69) is 25.2 Å². The van der Waals surface area contributed by atoms with E-state index in [1.165, 1.54) is 0 Å². The Hall–Kier alpha value is -2.50. The maximum absolute atomic E-state index is 12.3. The molecule has 1 aliphatic heterocycles. The lowest BCUT2D eigenvalue weighted by Crippen LogP contribution is -2.41. The summed E-state index contributed by atoms with van der Waals surface area (Å²) in [6.45, 7) is 1.53. The molecular weight excluding hydrogens is 266 g/mol. The first-order valence-electron chi connectivity index (χ1n) is 7.07. The fraction of sp³-hybridized carbons (Fsp3) is 0.333. The van der Waals surface area contributed by atoms with E-state index in [1.54, 1.807) is 30.7 Å². The fourth-order valence-electron chi connectivity index (χ4n) is 2.49. The zero-order valence-corrected chi connectivity index (χ0v) is 11.6. The van der Waals surface area contributed by atoms with Crippen molar-refractivity contribution in [2.24, 2.45) is 5.92 Å². The molecule has 0 aliphatic carbocycles. The van der Waals surface area contributed by atoms with E-state index < -0.39 is 0 Å². The molecule has 0 spiro atoms. The van der Waals surface area contributed by atoms with E-state index >= 15 is 0 Å². The van der Waals surface area contributed by atoms with Crippen molar-refractivity contribution in [3.63, 3.8) is 0 Å². The highest BCUT2D eigenvalue weighted by molar-refractivity contribution is 5.92. The molecule has 0 radical (unpaired) electrons. The van der Waals surface area contributed by atoms with Gasteiger partial charge in [0, 0.05) is 31.7 Å². The monoisotopic (exact) mass is 283 g/mol. The minimum atomic E-state index is -0.0652. The molecule has 0 bridgehead atoms. The van der Waals surface area contributed by atoms with E-state index in [0.29, 0.717) is 18.3 Å². The molecule has 0 saturated carbocycles. The Morgan fingerprint density at radius 1 is 1.14 bits per heavy atom. The molecule has 0 unspecified atom stereocenters. The first-order chi connectivity index (χ1) is 10.3. The molecule has 0 aromatic carbocycles. The second-order valence-electron chi connectivity index (χ2n) is 5.04. The van der Waals surface area contributed by atoms with E-state index in [9.17, 15) is 4.79 Å². The minimum absolute atomic E-state index is 0.00864. The van der Waals surface area contributed by atoms with Gasteiger partial charge in [-0.2, -0.15) is 0 Å². The van der Waals surface area contributed by atoms with Gasteiger partial charge in [0.1, 0.15) is 5.82 Å². The fourth-order valence-corrected chi connectivity index (χ4v) is 2.49. The van der Waals surface area contributed by atoms with E-state index in [1.807, 2.05) is 12.1 Å². The maximum atomic E-state index is 12.3. The van der Waals surface area contributed by atoms with Crippen LogP contribution in [0.1, 0.15) is 12.8 Å². The number of pyridine rings is 1. The van der Waals surface area contributed by atoms with Gasteiger partial charge in [-0.1, -0.05) is 6.07 Å². The highest BCUT2D eigenvalue weighted by Crippen LogP contribution is 2.21. The van der Waals surface area contributed by atoms with Crippen molar-refractivity contribution in [1.82, 2.24) is 15.0 Å². The number of carbonyl (C=O) groups is 1. The number of anilines is 2. The average molecular weight is 283 g/mol. The number of hydrogen-bond acceptors (Lipinski definition) is 5. The number of rotatable bonds is 3. The minimum Gasteiger partial charge on any atom is -0.340 e. The van der Waals surface area contributed by atoms with Crippen molar-refractivity contribution in [2.75, 3.05) is 23.3 Å². The van der Waals surface area contributed by atoms with Crippen LogP contribution in [0.2, 0.25) is 0 Å². The van der Waals surface area contributed by atoms with Gasteiger partial charge in [-0.15, -0.1) is 0 Å². The molecule has 2 aromatic heterocycles. The van der Waals surface area contributed by atoms with Crippen LogP contribution in [0.3, 0.4) is 0 Å². The summed E-state index contributed by atoms with van der Waals surface area (Å²) >= 11 is 0. The Balaban J connectivity index is 1.64. The molecule has 6 nitrogen and oxygen atoms in total. The lowest BCUT2D eigenvalue weighted by molar-refractivity contribution is -0.120. The third-order valence-corrected chi connectivity index (χ3v) is 3.54. The molecular formula is C15H17N5O. The van der Waals surface area contributed by atoms with Crippen LogP contribution in [0.4, 0.5) is 11.8 Å². The van der Waals surface area contributed by atoms with Gasteiger partial charge in [-0.25, -0.2) is 15.0 Å². The van der Waals surface area contributed by atoms with Crippen LogP contribution < -0.4 is 10.2 Å². The molecule has 6 heteroatoms. The summed E-state index contributed by atoms with van der Waals surface area (Å²) in [6, 6.07) is 7.26. The number of nitrogens with one attached hydrogen (secondary N) is 1. The Labute approximate surface area is 123 Å². The summed E-state index contributed by atoms with van der Waals surface area (Å²) in [7, 11) is 0. The predicted molar refractivity (Wildman–Crippen MR) is 79.8 cm³/mol. The predicted octanol–water partition coefficient (Wildman–Crippen LogP) is 1.73. The highest BCUT2D eigenvalue weighted by Gasteiger charge is 2.27. The summed E-state index contributed by atoms with van der Waals surface area (Å²) in [4.78, 5) is 27.0. The van der Waals surface area contributed by atoms with Crippen molar-refractivity contribution >= 4 is 17.7 Å². The molecule has 1 fully saturated rings. The van der Waals surface area contributed by atoms with Crippen molar-refractivity contribution in [3.8, 4) is 0 Å². The Bertz CT molecular complexity index is 590. The van der Waals surface area contributed by atoms with Crippen molar-refractivity contribution in [2.45, 2.75) is 12.8 Å². The van der Waals surface area contributed by atoms with Crippen LogP contribution >= 0.6 is 0 Å². The van der Waals surface area contributed by atoms with Gasteiger partial charge in [-0.3, -0.25) is 4.79 Å². The molecule has 2 aromatic rings. The number of piperidine rings is 1. The number of amides is 1. The van der Waals surface area contributed by atoms with Crippen LogP contribution in [-0.4, -0.2) is 33.9 Å². The average Bonchev–Trinajstić information content (AvgIpc) is 2.57. The molecule has 21 heavy (non-hydrogen) atoms. The number of carbonyl (C=O) groups excluding carboxylic acids is 1. The molecule has 1 N–H and O–H groups in total. The van der Waals surface area contributed by atoms with Crippen LogP contribution in [-0.2, 0) is 4.79 Å². The molecule has 1 atom stereocenters. The maximum Gasteiger partial charge on any atom is 0.230 e. The second-order valence-corrected chi connectivity index (χ2v) is 5.04. The van der Waals surface area contributed by atoms with Crippen LogP contribution in [0.25, 0.3) is 0 Å². The lowest BCUT2D eigenvalue weighted by atomic mass is 9.97. The standard InChI is InChI=1S/C15H17N5O/c21-14(19-13-6-1-2-7-16-13)12-5-3-10-20(11-12)15-17-8-4-9-18-15/h1-2,4,6-9,12H,3,5,10-11H2,(H,16,19,21)/t12-/m1/s1. The van der Waals surface area contributed by atoms with E-state index in [4.69, 9.17) is 0 Å². The number of hydrogen-bond donors (Lipinski definition) is 1. The lowest BCUT2D eigenvalue weighted by Gasteiger charge is -2.31. The number of nitrogens with zero attached hydrogens (tertiary/aromatic N) is 4. The van der Waals surface area contributed by atoms with Crippen LogP contribution in [0, 0.1) is 5.92 Å². The molecule has 108 valence electrons. The van der Waals surface area contributed by atoms with Crippen LogP contribution in [0.5, 0.6) is 0 Å². The normalized spacial score (nSPS) is 18.3. The second kappa shape index (κ2) is 6.30. The summed E-state index contributed by atoms with van der Waals surface area (Å²) < 4.78 is 0. The van der Waals surface area contributed by atoms with E-state index in [0.717, 1.165) is 19.4 Å². The molecule has 1 amide bonds. The molecule has 1 aliphatic rings. The smallest absolute Gasteiger partial charge is 0.230 e. The SMILES string of the molecule is O=C(Nc1ccccn1)[C@@H]1CCCN(c2ncccn2)C1. The first-order valence-corrected chi connectivity index (χ1v) is 7.07. The van der Waals surface area contributed by atoms with Gasteiger partial charge in [0.25, 0.3) is 0 Å². The highest BCUT2D eigenvalue weighted by atomic mass is 16.2. The largest absolute Gasteiger partial charge is 0.340 e. The summed E-state index contributed by atoms with van der Waals surface area (Å²) in [6.07, 6.45) is 6.95. The van der Waals surface area contributed by atoms with Gasteiger partial charge in [0.2, 0.25) is 11.9 Å². The third-order valence-electron chi connectivity index (χ3n) is 3.54. The van der Waals surface area contributed by atoms with Gasteiger partial charge < -0.3 is 10.2 Å². The molecule has 3 rings (SSSR count). The topological polar surface area (TPSA) is 71.0 Å². The van der Waals surface area contributed by atoms with Gasteiger partial charge >= 0.3 is 0 Å². The van der Waals surface area contributed by atoms with Gasteiger partial charge in [0.05, 0.1) is 5.92 Å². The Morgan fingerprint density at radius 3 is 2.71 bits per heavy atom.